The van der Waals surface area contributed by atoms with Crippen molar-refractivity contribution >= 4 is 11.6 Å². The van der Waals surface area contributed by atoms with Crippen LogP contribution in [0.5, 0.6) is 0 Å². The van der Waals surface area contributed by atoms with E-state index in [1.165, 1.54) is 0 Å². The van der Waals surface area contributed by atoms with Gasteiger partial charge in [0.15, 0.2) is 0 Å². The SMILES string of the molecule is Cc1nn(-c2ccccc2[C@@H](C)N)cc1Cl. The van der Waals surface area contributed by atoms with Gasteiger partial charge in [-0.1, -0.05) is 29.8 Å². The number of rotatable bonds is 2. The molecule has 0 aliphatic carbocycles. The van der Waals surface area contributed by atoms with Gasteiger partial charge in [-0.3, -0.25) is 0 Å². The zero-order valence-electron chi connectivity index (χ0n) is 9.31. The quantitative estimate of drug-likeness (QED) is 0.870. The van der Waals surface area contributed by atoms with Gasteiger partial charge < -0.3 is 5.73 Å². The Kier molecular flexibility index (Phi) is 2.99. The van der Waals surface area contributed by atoms with Crippen LogP contribution in [0.4, 0.5) is 0 Å². The minimum Gasteiger partial charge on any atom is -0.324 e. The summed E-state index contributed by atoms with van der Waals surface area (Å²) in [5.74, 6) is 0. The highest BCUT2D eigenvalue weighted by molar-refractivity contribution is 6.31. The van der Waals surface area contributed by atoms with E-state index in [2.05, 4.69) is 5.10 Å². The van der Waals surface area contributed by atoms with Crippen molar-refractivity contribution in [2.75, 3.05) is 0 Å². The number of nitrogens with two attached hydrogens (primary N) is 1. The first-order chi connectivity index (χ1) is 7.59. The Hall–Kier alpha value is -1.32. The van der Waals surface area contributed by atoms with Gasteiger partial charge in [0, 0.05) is 12.2 Å². The van der Waals surface area contributed by atoms with E-state index in [9.17, 15) is 0 Å². The van der Waals surface area contributed by atoms with Crippen molar-refractivity contribution in [1.29, 1.82) is 0 Å². The topological polar surface area (TPSA) is 43.8 Å². The first kappa shape index (κ1) is 11.2. The molecule has 84 valence electrons. The molecule has 1 heterocycles. The molecule has 4 heteroatoms. The van der Waals surface area contributed by atoms with Crippen LogP contribution in [0.15, 0.2) is 30.5 Å². The largest absolute Gasteiger partial charge is 0.324 e. The van der Waals surface area contributed by atoms with E-state index >= 15 is 0 Å². The minimum atomic E-state index is -0.0283. The Labute approximate surface area is 99.8 Å². The predicted molar refractivity (Wildman–Crippen MR) is 65.9 cm³/mol. The lowest BCUT2D eigenvalue weighted by atomic mass is 10.1. The van der Waals surface area contributed by atoms with Crippen molar-refractivity contribution in [2.24, 2.45) is 5.73 Å². The summed E-state index contributed by atoms with van der Waals surface area (Å²) in [6.45, 7) is 3.84. The van der Waals surface area contributed by atoms with E-state index in [1.54, 1.807) is 10.9 Å². The molecule has 1 aromatic carbocycles. The molecule has 1 atom stereocenters. The van der Waals surface area contributed by atoms with Gasteiger partial charge in [0.05, 0.1) is 16.4 Å². The maximum Gasteiger partial charge on any atom is 0.0819 e. The summed E-state index contributed by atoms with van der Waals surface area (Å²) in [6.07, 6.45) is 1.80. The molecule has 0 saturated carbocycles. The molecule has 1 aromatic heterocycles. The highest BCUT2D eigenvalue weighted by Crippen LogP contribution is 2.22. The summed E-state index contributed by atoms with van der Waals surface area (Å²) in [7, 11) is 0. The van der Waals surface area contributed by atoms with E-state index in [0.717, 1.165) is 16.9 Å². The number of halogens is 1. The van der Waals surface area contributed by atoms with Gasteiger partial charge in [0.2, 0.25) is 0 Å². The molecule has 0 fully saturated rings. The van der Waals surface area contributed by atoms with Gasteiger partial charge in [-0.15, -0.1) is 0 Å². The summed E-state index contributed by atoms with van der Waals surface area (Å²) in [4.78, 5) is 0. The third-order valence-electron chi connectivity index (χ3n) is 2.51. The molecule has 0 unspecified atom stereocenters. The van der Waals surface area contributed by atoms with Gasteiger partial charge >= 0.3 is 0 Å². The Bertz CT molecular complexity index is 483. The lowest BCUT2D eigenvalue weighted by molar-refractivity contribution is 0.777. The molecule has 0 radical (unpaired) electrons. The third kappa shape index (κ3) is 1.96. The van der Waals surface area contributed by atoms with Crippen LogP contribution in [-0.2, 0) is 0 Å². The monoisotopic (exact) mass is 235 g/mol. The van der Waals surface area contributed by atoms with Crippen LogP contribution in [0, 0.1) is 6.92 Å². The van der Waals surface area contributed by atoms with Gasteiger partial charge in [0.25, 0.3) is 0 Å². The molecule has 0 aliphatic rings. The van der Waals surface area contributed by atoms with E-state index in [1.807, 2.05) is 38.1 Å². The Morgan fingerprint density at radius 2 is 2.06 bits per heavy atom. The third-order valence-corrected chi connectivity index (χ3v) is 2.88. The summed E-state index contributed by atoms with van der Waals surface area (Å²) in [6, 6.07) is 7.90. The normalized spacial score (nSPS) is 12.8. The average Bonchev–Trinajstić information content (AvgIpc) is 2.59. The van der Waals surface area contributed by atoms with Crippen molar-refractivity contribution in [2.45, 2.75) is 19.9 Å². The second kappa shape index (κ2) is 4.28. The zero-order valence-corrected chi connectivity index (χ0v) is 10.1. The van der Waals surface area contributed by atoms with Gasteiger partial charge in [-0.25, -0.2) is 4.68 Å². The number of benzene rings is 1. The van der Waals surface area contributed by atoms with E-state index in [-0.39, 0.29) is 6.04 Å². The van der Waals surface area contributed by atoms with Crippen LogP contribution >= 0.6 is 11.6 Å². The van der Waals surface area contributed by atoms with Crippen LogP contribution in [-0.4, -0.2) is 9.78 Å². The molecule has 0 bridgehead atoms. The standard InChI is InChI=1S/C12H14ClN3/c1-8(14)10-5-3-4-6-12(10)16-7-11(13)9(2)15-16/h3-8H,14H2,1-2H3/t8-/m1/s1. The number of hydrogen-bond acceptors (Lipinski definition) is 2. The first-order valence-corrected chi connectivity index (χ1v) is 5.54. The van der Waals surface area contributed by atoms with Crippen LogP contribution < -0.4 is 5.73 Å². The number of aryl methyl sites for hydroxylation is 1. The number of nitrogens with zero attached hydrogens (tertiary/aromatic N) is 2. The molecule has 3 nitrogen and oxygen atoms in total. The summed E-state index contributed by atoms with van der Waals surface area (Å²) >= 11 is 6.00. The van der Waals surface area contributed by atoms with Gasteiger partial charge in [0.1, 0.15) is 0 Å². The molecule has 16 heavy (non-hydrogen) atoms. The summed E-state index contributed by atoms with van der Waals surface area (Å²) < 4.78 is 1.77. The molecule has 2 N–H and O–H groups in total. The molecule has 0 saturated heterocycles. The Morgan fingerprint density at radius 1 is 1.38 bits per heavy atom. The molecule has 0 spiro atoms. The maximum absolute atomic E-state index is 6.00. The molecule has 2 aromatic rings. The van der Waals surface area contributed by atoms with Gasteiger partial charge in [-0.2, -0.15) is 5.10 Å². The maximum atomic E-state index is 6.00. The van der Waals surface area contributed by atoms with Crippen molar-refractivity contribution in [3.8, 4) is 5.69 Å². The van der Waals surface area contributed by atoms with E-state index in [4.69, 9.17) is 17.3 Å². The van der Waals surface area contributed by atoms with E-state index < -0.39 is 0 Å². The molecule has 2 rings (SSSR count). The fourth-order valence-electron chi connectivity index (χ4n) is 1.64. The molecular weight excluding hydrogens is 222 g/mol. The van der Waals surface area contributed by atoms with Crippen molar-refractivity contribution in [1.82, 2.24) is 9.78 Å². The number of hydrogen-bond donors (Lipinski definition) is 1. The van der Waals surface area contributed by atoms with Crippen LogP contribution in [0.3, 0.4) is 0 Å². The molecule has 0 aliphatic heterocycles. The van der Waals surface area contributed by atoms with Crippen molar-refractivity contribution in [3.63, 3.8) is 0 Å². The highest BCUT2D eigenvalue weighted by Gasteiger charge is 2.10. The molecule has 0 amide bonds. The number of para-hydroxylation sites is 1. The van der Waals surface area contributed by atoms with Crippen LogP contribution in [0.25, 0.3) is 5.69 Å². The second-order valence-electron chi connectivity index (χ2n) is 3.85. The smallest absolute Gasteiger partial charge is 0.0819 e. The molecular formula is C12H14ClN3. The summed E-state index contributed by atoms with van der Waals surface area (Å²) in [5.41, 5.74) is 8.78. The predicted octanol–water partition coefficient (Wildman–Crippen LogP) is 2.85. The van der Waals surface area contributed by atoms with Crippen LogP contribution in [0.2, 0.25) is 5.02 Å². The zero-order chi connectivity index (χ0) is 11.7. The summed E-state index contributed by atoms with van der Waals surface area (Å²) in [5, 5.41) is 5.02. The average molecular weight is 236 g/mol. The highest BCUT2D eigenvalue weighted by atomic mass is 35.5. The lowest BCUT2D eigenvalue weighted by Crippen LogP contribution is -2.10. The lowest BCUT2D eigenvalue weighted by Gasteiger charge is -2.12. The fourth-order valence-corrected chi connectivity index (χ4v) is 1.77. The van der Waals surface area contributed by atoms with Gasteiger partial charge in [-0.05, 0) is 25.5 Å². The van der Waals surface area contributed by atoms with Crippen molar-refractivity contribution in [3.05, 3.63) is 46.7 Å². The van der Waals surface area contributed by atoms with E-state index in [0.29, 0.717) is 5.02 Å². The first-order valence-electron chi connectivity index (χ1n) is 5.16. The van der Waals surface area contributed by atoms with Crippen LogP contribution in [0.1, 0.15) is 24.2 Å². The van der Waals surface area contributed by atoms with Crippen molar-refractivity contribution < 1.29 is 0 Å². The number of aromatic nitrogens is 2. The Morgan fingerprint density at radius 3 is 2.62 bits per heavy atom. The Balaban J connectivity index is 2.55. The second-order valence-corrected chi connectivity index (χ2v) is 4.26. The fraction of sp³-hybridized carbons (Fsp3) is 0.250. The minimum absolute atomic E-state index is 0.0283.